The number of nitrogens with two attached hydrogens (primary N) is 1. The zero-order chi connectivity index (χ0) is 24.9. The van der Waals surface area contributed by atoms with E-state index in [9.17, 15) is 0 Å². The van der Waals surface area contributed by atoms with Gasteiger partial charge in [-0.15, -0.1) is 0 Å². The molecule has 0 spiro atoms. The second-order valence-corrected chi connectivity index (χ2v) is 10.8. The summed E-state index contributed by atoms with van der Waals surface area (Å²) in [6, 6.07) is 43.9. The maximum Gasteiger partial charge on any atom is 0.0714 e. The molecule has 0 bridgehead atoms. The lowest BCUT2D eigenvalue weighted by molar-refractivity contribution is 0.590. The number of anilines is 1. The fourth-order valence-electron chi connectivity index (χ4n) is 5.91. The van der Waals surface area contributed by atoms with Gasteiger partial charge in [0.25, 0.3) is 0 Å². The van der Waals surface area contributed by atoms with Crippen molar-refractivity contribution in [2.24, 2.45) is 0 Å². The second kappa shape index (κ2) is 8.24. The van der Waals surface area contributed by atoms with Gasteiger partial charge in [0.15, 0.2) is 0 Å². The van der Waals surface area contributed by atoms with Crippen molar-refractivity contribution >= 4 is 5.69 Å². The van der Waals surface area contributed by atoms with Crippen molar-refractivity contribution in [3.05, 3.63) is 149 Å². The second-order valence-electron chi connectivity index (χ2n) is 10.8. The van der Waals surface area contributed by atoms with E-state index in [-0.39, 0.29) is 5.41 Å². The number of hydrogen-bond acceptors (Lipinski definition) is 1. The highest BCUT2D eigenvalue weighted by Gasteiger charge is 2.46. The van der Waals surface area contributed by atoms with Crippen LogP contribution in [-0.4, -0.2) is 0 Å². The number of fused-ring (bicyclic) bond motifs is 3. The first kappa shape index (κ1) is 22.4. The monoisotopic (exact) mass is 465 g/mol. The molecule has 0 heterocycles. The topological polar surface area (TPSA) is 26.0 Å². The van der Waals surface area contributed by atoms with E-state index >= 15 is 0 Å². The molecule has 5 aromatic carbocycles. The molecule has 1 nitrogen and oxygen atoms in total. The van der Waals surface area contributed by atoms with Crippen LogP contribution in [0.15, 0.2) is 121 Å². The maximum absolute atomic E-state index is 6.90. The Morgan fingerprint density at radius 3 is 1.78 bits per heavy atom. The summed E-state index contributed by atoms with van der Waals surface area (Å²) in [5.41, 5.74) is 18.5. The van der Waals surface area contributed by atoms with Crippen molar-refractivity contribution in [3.63, 3.8) is 0 Å². The van der Waals surface area contributed by atoms with E-state index in [1.54, 1.807) is 0 Å². The summed E-state index contributed by atoms with van der Waals surface area (Å²) in [5, 5.41) is 0. The van der Waals surface area contributed by atoms with Crippen molar-refractivity contribution in [3.8, 4) is 22.3 Å². The lowest BCUT2D eigenvalue weighted by Crippen LogP contribution is -2.28. The van der Waals surface area contributed by atoms with E-state index in [2.05, 4.69) is 142 Å². The minimum atomic E-state index is -0.422. The fourth-order valence-corrected chi connectivity index (χ4v) is 5.91. The van der Waals surface area contributed by atoms with Crippen LogP contribution in [0.1, 0.15) is 48.6 Å². The van der Waals surface area contributed by atoms with Gasteiger partial charge in [-0.05, 0) is 62.1 Å². The van der Waals surface area contributed by atoms with E-state index in [1.165, 1.54) is 38.9 Å². The average molecular weight is 466 g/mol. The number of rotatable bonds is 3. The van der Waals surface area contributed by atoms with Gasteiger partial charge >= 0.3 is 0 Å². The smallest absolute Gasteiger partial charge is 0.0714 e. The third kappa shape index (κ3) is 3.31. The Kier molecular flexibility index (Phi) is 5.12. The van der Waals surface area contributed by atoms with Gasteiger partial charge in [0, 0.05) is 11.3 Å². The molecule has 0 aliphatic heterocycles. The average Bonchev–Trinajstić information content (AvgIpc) is 3.19. The van der Waals surface area contributed by atoms with Crippen molar-refractivity contribution < 1.29 is 0 Å². The largest absolute Gasteiger partial charge is 0.398 e. The van der Waals surface area contributed by atoms with Gasteiger partial charge in [-0.1, -0.05) is 130 Å². The van der Waals surface area contributed by atoms with E-state index in [0.717, 1.165) is 16.8 Å². The van der Waals surface area contributed by atoms with Gasteiger partial charge in [-0.3, -0.25) is 0 Å². The van der Waals surface area contributed by atoms with E-state index in [4.69, 9.17) is 5.73 Å². The molecule has 0 unspecified atom stereocenters. The van der Waals surface area contributed by atoms with Crippen LogP contribution in [-0.2, 0) is 10.8 Å². The molecule has 5 aromatic rings. The molecular weight excluding hydrogens is 434 g/mol. The van der Waals surface area contributed by atoms with Crippen molar-refractivity contribution in [1.82, 2.24) is 0 Å². The van der Waals surface area contributed by atoms with Crippen LogP contribution in [0.25, 0.3) is 22.3 Å². The SMILES string of the molecule is CC(C)(C)c1cccc(-c2cc3c(cc2N)C(c2ccccc2)(c2ccccc2)c2ccccc2-3)c1. The lowest BCUT2D eigenvalue weighted by Gasteiger charge is -2.34. The summed E-state index contributed by atoms with van der Waals surface area (Å²) in [7, 11) is 0. The molecule has 6 rings (SSSR count). The molecule has 0 aromatic heterocycles. The summed E-state index contributed by atoms with van der Waals surface area (Å²) in [6.07, 6.45) is 0. The summed E-state index contributed by atoms with van der Waals surface area (Å²) < 4.78 is 0. The Balaban J connectivity index is 1.68. The molecule has 176 valence electrons. The Bertz CT molecular complexity index is 1520. The standard InChI is InChI=1S/C35H31N/c1-34(2,3)27-18-12-13-24(21-27)29-22-30-28-19-10-11-20-31(28)35(32(30)23-33(29)36,25-14-6-4-7-15-25)26-16-8-5-9-17-26/h4-23H,36H2,1-3H3. The fraction of sp³-hybridized carbons (Fsp3) is 0.143. The highest BCUT2D eigenvalue weighted by molar-refractivity contribution is 5.92. The van der Waals surface area contributed by atoms with Crippen molar-refractivity contribution in [1.29, 1.82) is 0 Å². The molecule has 2 N–H and O–H groups in total. The summed E-state index contributed by atoms with van der Waals surface area (Å²) >= 11 is 0. The molecular formula is C35H31N. The molecule has 0 saturated heterocycles. The number of benzene rings is 5. The number of hydrogen-bond donors (Lipinski definition) is 1. The summed E-state index contributed by atoms with van der Waals surface area (Å²) in [4.78, 5) is 0. The Labute approximate surface area is 214 Å². The maximum atomic E-state index is 6.90. The van der Waals surface area contributed by atoms with Crippen LogP contribution in [0, 0.1) is 0 Å². The molecule has 0 radical (unpaired) electrons. The van der Waals surface area contributed by atoms with Gasteiger partial charge < -0.3 is 5.73 Å². The molecule has 0 amide bonds. The summed E-state index contributed by atoms with van der Waals surface area (Å²) in [6.45, 7) is 6.76. The normalized spacial score (nSPS) is 13.8. The first-order chi connectivity index (χ1) is 17.4. The molecule has 1 aliphatic carbocycles. The van der Waals surface area contributed by atoms with Crippen LogP contribution in [0.2, 0.25) is 0 Å². The first-order valence-electron chi connectivity index (χ1n) is 12.7. The summed E-state index contributed by atoms with van der Waals surface area (Å²) in [5.74, 6) is 0. The van der Waals surface area contributed by atoms with E-state index < -0.39 is 5.41 Å². The minimum absolute atomic E-state index is 0.0733. The quantitative estimate of drug-likeness (QED) is 0.260. The zero-order valence-electron chi connectivity index (χ0n) is 21.1. The molecule has 0 fully saturated rings. The third-order valence-electron chi connectivity index (χ3n) is 7.67. The molecule has 0 saturated carbocycles. The third-order valence-corrected chi connectivity index (χ3v) is 7.67. The van der Waals surface area contributed by atoms with E-state index in [0.29, 0.717) is 0 Å². The Hall–Kier alpha value is -4.10. The predicted molar refractivity (Wildman–Crippen MR) is 152 cm³/mol. The highest BCUT2D eigenvalue weighted by Crippen LogP contribution is 2.57. The molecule has 0 atom stereocenters. The number of nitrogen functional groups attached to an aromatic ring is 1. The lowest BCUT2D eigenvalue weighted by atomic mass is 9.67. The van der Waals surface area contributed by atoms with Crippen molar-refractivity contribution in [2.45, 2.75) is 31.6 Å². The van der Waals surface area contributed by atoms with Crippen LogP contribution in [0.4, 0.5) is 5.69 Å². The van der Waals surface area contributed by atoms with Crippen LogP contribution >= 0.6 is 0 Å². The van der Waals surface area contributed by atoms with Gasteiger partial charge in [0.05, 0.1) is 5.41 Å². The Morgan fingerprint density at radius 1 is 0.528 bits per heavy atom. The molecule has 36 heavy (non-hydrogen) atoms. The van der Waals surface area contributed by atoms with Crippen LogP contribution in [0.3, 0.4) is 0 Å². The van der Waals surface area contributed by atoms with Crippen LogP contribution in [0.5, 0.6) is 0 Å². The van der Waals surface area contributed by atoms with Gasteiger partial charge in [-0.25, -0.2) is 0 Å². The minimum Gasteiger partial charge on any atom is -0.398 e. The van der Waals surface area contributed by atoms with Gasteiger partial charge in [0.2, 0.25) is 0 Å². The van der Waals surface area contributed by atoms with Gasteiger partial charge in [-0.2, -0.15) is 0 Å². The Morgan fingerprint density at radius 2 is 1.14 bits per heavy atom. The zero-order valence-corrected chi connectivity index (χ0v) is 21.1. The highest BCUT2D eigenvalue weighted by atomic mass is 14.6. The van der Waals surface area contributed by atoms with E-state index in [1.807, 2.05) is 0 Å². The first-order valence-corrected chi connectivity index (χ1v) is 12.7. The molecule has 1 heteroatoms. The van der Waals surface area contributed by atoms with Crippen molar-refractivity contribution in [2.75, 3.05) is 5.73 Å². The van der Waals surface area contributed by atoms with Gasteiger partial charge in [0.1, 0.15) is 0 Å². The molecule has 1 aliphatic rings. The predicted octanol–water partition coefficient (Wildman–Crippen LogP) is 8.60. The van der Waals surface area contributed by atoms with Crippen LogP contribution < -0.4 is 5.73 Å².